The lowest BCUT2D eigenvalue weighted by Crippen LogP contribution is -2.58. The molecule has 1 saturated heterocycles. The van der Waals surface area contributed by atoms with E-state index in [4.69, 9.17) is 10.8 Å². The zero-order chi connectivity index (χ0) is 16.2. The highest BCUT2D eigenvalue weighted by atomic mass is 16.4. The Morgan fingerprint density at radius 1 is 1.10 bits per heavy atom. The van der Waals surface area contributed by atoms with Crippen LogP contribution < -0.4 is 11.1 Å². The number of hydrogen-bond acceptors (Lipinski definition) is 4. The Labute approximate surface area is 124 Å². The molecule has 0 aromatic rings. The summed E-state index contributed by atoms with van der Waals surface area (Å²) >= 11 is 0. The molecule has 8 nitrogen and oxygen atoms in total. The van der Waals surface area contributed by atoms with Gasteiger partial charge in [-0.2, -0.15) is 0 Å². The van der Waals surface area contributed by atoms with Crippen LogP contribution in [0.5, 0.6) is 0 Å². The fourth-order valence-electron chi connectivity index (χ4n) is 2.26. The van der Waals surface area contributed by atoms with E-state index >= 15 is 0 Å². The third kappa shape index (κ3) is 4.59. The molecule has 0 aromatic carbocycles. The average molecular weight is 300 g/mol. The van der Waals surface area contributed by atoms with Crippen LogP contribution in [-0.4, -0.2) is 71.1 Å². The van der Waals surface area contributed by atoms with Gasteiger partial charge < -0.3 is 21.1 Å². The Kier molecular flexibility index (Phi) is 5.95. The third-order valence-electron chi connectivity index (χ3n) is 3.76. The van der Waals surface area contributed by atoms with Crippen LogP contribution in [0.15, 0.2) is 0 Å². The molecule has 0 saturated carbocycles. The van der Waals surface area contributed by atoms with E-state index in [2.05, 4.69) is 5.32 Å². The van der Waals surface area contributed by atoms with E-state index < -0.39 is 24.0 Å². The molecule has 2 unspecified atom stereocenters. The number of piperazine rings is 1. The molecule has 120 valence electrons. The number of urea groups is 1. The van der Waals surface area contributed by atoms with E-state index in [-0.39, 0.29) is 11.9 Å². The largest absolute Gasteiger partial charge is 0.480 e. The number of primary amides is 1. The van der Waals surface area contributed by atoms with Crippen molar-refractivity contribution >= 4 is 17.9 Å². The molecule has 1 fully saturated rings. The van der Waals surface area contributed by atoms with Crippen LogP contribution in [0.25, 0.3) is 0 Å². The molecule has 1 aliphatic heterocycles. The quantitative estimate of drug-likeness (QED) is 0.620. The highest BCUT2D eigenvalue weighted by Gasteiger charge is 2.29. The standard InChI is InChI=1S/C13H24N4O4/c1-8(2)10(11(14)18)15-13(21)17-6-4-16(5-7-17)9(3)12(19)20/h8-10H,4-7H2,1-3H3,(H2,14,18)(H,15,21)(H,19,20). The lowest BCUT2D eigenvalue weighted by atomic mass is 10.0. The second-order valence-corrected chi connectivity index (χ2v) is 5.61. The summed E-state index contributed by atoms with van der Waals surface area (Å²) in [4.78, 5) is 37.7. The first-order valence-corrected chi connectivity index (χ1v) is 7.05. The number of carboxylic acid groups (broad SMARTS) is 1. The fraction of sp³-hybridized carbons (Fsp3) is 0.769. The van der Waals surface area contributed by atoms with Gasteiger partial charge in [0.2, 0.25) is 5.91 Å². The maximum absolute atomic E-state index is 12.1. The zero-order valence-corrected chi connectivity index (χ0v) is 12.7. The minimum atomic E-state index is -0.874. The van der Waals surface area contributed by atoms with E-state index in [0.717, 1.165) is 0 Å². The number of carbonyl (C=O) groups excluding carboxylic acids is 2. The number of amides is 3. The van der Waals surface area contributed by atoms with Crippen molar-refractivity contribution < 1.29 is 19.5 Å². The van der Waals surface area contributed by atoms with E-state index in [1.807, 2.05) is 13.8 Å². The van der Waals surface area contributed by atoms with Crippen LogP contribution in [0.1, 0.15) is 20.8 Å². The Morgan fingerprint density at radius 3 is 2.00 bits per heavy atom. The molecule has 2 atom stereocenters. The Balaban J connectivity index is 2.52. The maximum atomic E-state index is 12.1. The normalized spacial score (nSPS) is 19.1. The summed E-state index contributed by atoms with van der Waals surface area (Å²) in [5.41, 5.74) is 5.26. The lowest BCUT2D eigenvalue weighted by molar-refractivity contribution is -0.143. The highest BCUT2D eigenvalue weighted by molar-refractivity contribution is 5.86. The van der Waals surface area contributed by atoms with Crippen LogP contribution in [0.4, 0.5) is 4.79 Å². The molecule has 1 aliphatic rings. The van der Waals surface area contributed by atoms with Gasteiger partial charge in [0.1, 0.15) is 12.1 Å². The molecule has 1 heterocycles. The van der Waals surface area contributed by atoms with Gasteiger partial charge in [-0.3, -0.25) is 14.5 Å². The Morgan fingerprint density at radius 2 is 1.62 bits per heavy atom. The van der Waals surface area contributed by atoms with Gasteiger partial charge in [-0.25, -0.2) is 4.79 Å². The lowest BCUT2D eigenvalue weighted by Gasteiger charge is -2.37. The fourth-order valence-corrected chi connectivity index (χ4v) is 2.26. The van der Waals surface area contributed by atoms with Crippen molar-refractivity contribution in [2.45, 2.75) is 32.9 Å². The van der Waals surface area contributed by atoms with E-state index in [1.54, 1.807) is 16.7 Å². The van der Waals surface area contributed by atoms with E-state index in [1.165, 1.54) is 0 Å². The SMILES string of the molecule is CC(C)C(NC(=O)N1CCN(C(C)C(=O)O)CC1)C(N)=O. The molecule has 0 aromatic heterocycles. The van der Waals surface area contributed by atoms with Gasteiger partial charge in [0.05, 0.1) is 0 Å². The minimum absolute atomic E-state index is 0.0835. The highest BCUT2D eigenvalue weighted by Crippen LogP contribution is 2.08. The molecular formula is C13H24N4O4. The summed E-state index contributed by atoms with van der Waals surface area (Å²) in [6, 6.07) is -1.60. The molecule has 0 bridgehead atoms. The first-order chi connectivity index (χ1) is 9.73. The number of hydrogen-bond donors (Lipinski definition) is 3. The number of nitrogens with two attached hydrogens (primary N) is 1. The average Bonchev–Trinajstić information content (AvgIpc) is 2.42. The number of aliphatic carboxylic acids is 1. The first kappa shape index (κ1) is 17.2. The smallest absolute Gasteiger partial charge is 0.320 e. The molecule has 0 aliphatic carbocycles. The predicted molar refractivity (Wildman–Crippen MR) is 76.6 cm³/mol. The zero-order valence-electron chi connectivity index (χ0n) is 12.7. The summed E-state index contributed by atoms with van der Waals surface area (Å²) in [6.07, 6.45) is 0. The third-order valence-corrected chi connectivity index (χ3v) is 3.76. The molecular weight excluding hydrogens is 276 g/mol. The topological polar surface area (TPSA) is 116 Å². The van der Waals surface area contributed by atoms with E-state index in [0.29, 0.717) is 26.2 Å². The summed E-state index contributed by atoms with van der Waals surface area (Å²) in [7, 11) is 0. The molecule has 3 amide bonds. The van der Waals surface area contributed by atoms with Crippen molar-refractivity contribution in [2.75, 3.05) is 26.2 Å². The van der Waals surface area contributed by atoms with Gasteiger partial charge in [-0.15, -0.1) is 0 Å². The molecule has 1 rings (SSSR count). The van der Waals surface area contributed by atoms with Crippen LogP contribution >= 0.6 is 0 Å². The minimum Gasteiger partial charge on any atom is -0.480 e. The summed E-state index contributed by atoms with van der Waals surface area (Å²) in [5.74, 6) is -1.52. The van der Waals surface area contributed by atoms with Crippen molar-refractivity contribution in [1.29, 1.82) is 0 Å². The van der Waals surface area contributed by atoms with Crippen LogP contribution in [0.3, 0.4) is 0 Å². The summed E-state index contributed by atoms with van der Waals surface area (Å²) in [6.45, 7) is 7.07. The van der Waals surface area contributed by atoms with Crippen LogP contribution in [0, 0.1) is 5.92 Å². The molecule has 21 heavy (non-hydrogen) atoms. The first-order valence-electron chi connectivity index (χ1n) is 7.05. The number of nitrogens with one attached hydrogen (secondary N) is 1. The maximum Gasteiger partial charge on any atom is 0.320 e. The van der Waals surface area contributed by atoms with Crippen LogP contribution in [0.2, 0.25) is 0 Å². The number of carboxylic acids is 1. The number of carbonyl (C=O) groups is 3. The van der Waals surface area contributed by atoms with Crippen molar-refractivity contribution in [3.63, 3.8) is 0 Å². The second kappa shape index (κ2) is 7.26. The van der Waals surface area contributed by atoms with Gasteiger partial charge in [0, 0.05) is 26.2 Å². The van der Waals surface area contributed by atoms with Gasteiger partial charge in [0.15, 0.2) is 0 Å². The monoisotopic (exact) mass is 300 g/mol. The Hall–Kier alpha value is -1.83. The predicted octanol–water partition coefficient (Wildman–Crippen LogP) is -0.703. The summed E-state index contributed by atoms with van der Waals surface area (Å²) < 4.78 is 0. The van der Waals surface area contributed by atoms with Gasteiger partial charge >= 0.3 is 12.0 Å². The molecule has 8 heteroatoms. The second-order valence-electron chi connectivity index (χ2n) is 5.61. The molecule has 4 N–H and O–H groups in total. The van der Waals surface area contributed by atoms with Crippen molar-refractivity contribution in [2.24, 2.45) is 11.7 Å². The van der Waals surface area contributed by atoms with Gasteiger partial charge in [-0.05, 0) is 12.8 Å². The van der Waals surface area contributed by atoms with Gasteiger partial charge in [0.25, 0.3) is 0 Å². The summed E-state index contributed by atoms with van der Waals surface area (Å²) in [5, 5.41) is 11.6. The van der Waals surface area contributed by atoms with Crippen LogP contribution in [-0.2, 0) is 9.59 Å². The number of rotatable bonds is 5. The van der Waals surface area contributed by atoms with Crippen molar-refractivity contribution in [3.05, 3.63) is 0 Å². The van der Waals surface area contributed by atoms with Crippen molar-refractivity contribution in [1.82, 2.24) is 15.1 Å². The van der Waals surface area contributed by atoms with Crippen molar-refractivity contribution in [3.8, 4) is 0 Å². The van der Waals surface area contributed by atoms with Gasteiger partial charge in [-0.1, -0.05) is 13.8 Å². The molecule has 0 spiro atoms. The number of nitrogens with zero attached hydrogens (tertiary/aromatic N) is 2. The van der Waals surface area contributed by atoms with E-state index in [9.17, 15) is 14.4 Å². The Bertz CT molecular complexity index is 405. The molecule has 0 radical (unpaired) electrons.